The number of nitrogens with one attached hydrogen (secondary N) is 3. The van der Waals surface area contributed by atoms with E-state index in [0.29, 0.717) is 11.3 Å². The number of alkyl carbamates (subject to hydrolysis) is 1. The first-order valence-corrected chi connectivity index (χ1v) is 17.7. The topological polar surface area (TPSA) is 168 Å². The van der Waals surface area contributed by atoms with Crippen LogP contribution in [-0.2, 0) is 30.4 Å². The maximum atomic E-state index is 14.5. The van der Waals surface area contributed by atoms with Crippen LogP contribution in [0.1, 0.15) is 72.1 Å². The Bertz CT molecular complexity index is 1530. The maximum Gasteiger partial charge on any atom is 0.407 e. The Morgan fingerprint density at radius 3 is 2.44 bits per heavy atom. The van der Waals surface area contributed by atoms with Crippen molar-refractivity contribution in [3.8, 4) is 16.2 Å². The SMILES string of the molecule is Cc1ncsc1-c1ccc(CNC(=O)[C@@H]2C[C@@H](O)CN2C(=O)[C@@H](NC(=O)C2(F)CC2)C(C)(C)C)c(OCCOCCNC(=O)OC(C)(C)C)c1. The number of hydrogen-bond donors (Lipinski definition) is 4. The molecule has 1 aromatic carbocycles. The number of hydrogen-bond acceptors (Lipinski definition) is 10. The number of likely N-dealkylation sites (tertiary alicyclic amines) is 1. The van der Waals surface area contributed by atoms with Gasteiger partial charge in [-0.3, -0.25) is 14.4 Å². The van der Waals surface area contributed by atoms with E-state index in [1.165, 1.54) is 16.2 Å². The number of aliphatic hydroxyl groups excluding tert-OH is 1. The minimum absolute atomic E-state index is 0.0164. The van der Waals surface area contributed by atoms with Crippen LogP contribution in [0.4, 0.5) is 9.18 Å². The van der Waals surface area contributed by atoms with Gasteiger partial charge in [0.1, 0.15) is 30.0 Å². The Morgan fingerprint density at radius 1 is 1.10 bits per heavy atom. The van der Waals surface area contributed by atoms with Crippen LogP contribution >= 0.6 is 11.3 Å². The fourth-order valence-corrected chi connectivity index (χ4v) is 6.23. The number of aryl methyl sites for hydroxylation is 1. The average Bonchev–Trinajstić information content (AvgIpc) is 3.43. The van der Waals surface area contributed by atoms with Crippen LogP contribution in [0, 0.1) is 12.3 Å². The van der Waals surface area contributed by atoms with Gasteiger partial charge in [-0.2, -0.15) is 0 Å². The molecule has 0 radical (unpaired) electrons. The number of benzene rings is 1. The first kappa shape index (κ1) is 39.0. The minimum atomic E-state index is -1.97. The van der Waals surface area contributed by atoms with Gasteiger partial charge in [0.15, 0.2) is 5.67 Å². The fourth-order valence-electron chi connectivity index (χ4n) is 5.42. The zero-order valence-electron chi connectivity index (χ0n) is 29.9. The molecule has 2 heterocycles. The lowest BCUT2D eigenvalue weighted by Crippen LogP contribution is -2.59. The lowest BCUT2D eigenvalue weighted by atomic mass is 9.85. The van der Waals surface area contributed by atoms with E-state index < -0.39 is 58.7 Å². The van der Waals surface area contributed by atoms with Crippen molar-refractivity contribution >= 4 is 35.2 Å². The Balaban J connectivity index is 1.39. The summed E-state index contributed by atoms with van der Waals surface area (Å²) < 4.78 is 31.4. The van der Waals surface area contributed by atoms with Crippen LogP contribution in [0.5, 0.6) is 5.75 Å². The van der Waals surface area contributed by atoms with Gasteiger partial charge in [0.05, 0.1) is 35.4 Å². The van der Waals surface area contributed by atoms with Crippen LogP contribution in [0.3, 0.4) is 0 Å². The van der Waals surface area contributed by atoms with Crippen molar-refractivity contribution < 1.29 is 42.9 Å². The molecule has 13 nitrogen and oxygen atoms in total. The van der Waals surface area contributed by atoms with Gasteiger partial charge < -0.3 is 40.2 Å². The van der Waals surface area contributed by atoms with Crippen molar-refractivity contribution in [1.29, 1.82) is 0 Å². The van der Waals surface area contributed by atoms with Crippen molar-refractivity contribution in [3.63, 3.8) is 0 Å². The van der Waals surface area contributed by atoms with E-state index in [-0.39, 0.29) is 58.7 Å². The molecule has 1 saturated carbocycles. The van der Waals surface area contributed by atoms with Crippen LogP contribution in [0.2, 0.25) is 0 Å². The molecule has 0 spiro atoms. The summed E-state index contributed by atoms with van der Waals surface area (Å²) in [5, 5.41) is 18.6. The molecule has 0 bridgehead atoms. The molecule has 4 amide bonds. The second-order valence-electron chi connectivity index (χ2n) is 14.8. The Labute approximate surface area is 296 Å². The highest BCUT2D eigenvalue weighted by Crippen LogP contribution is 2.40. The minimum Gasteiger partial charge on any atom is -0.491 e. The lowest BCUT2D eigenvalue weighted by molar-refractivity contribution is -0.145. The molecular weight excluding hydrogens is 669 g/mol. The first-order chi connectivity index (χ1) is 23.4. The number of β-amino-alcohol motifs (C(OH)–C–C–N with tert-alkyl or cyclic N) is 1. The summed E-state index contributed by atoms with van der Waals surface area (Å²) in [5.74, 6) is -1.35. The maximum absolute atomic E-state index is 14.5. The first-order valence-electron chi connectivity index (χ1n) is 16.8. The van der Waals surface area contributed by atoms with Crippen molar-refractivity contribution in [2.45, 2.75) is 104 Å². The molecule has 15 heteroatoms. The van der Waals surface area contributed by atoms with E-state index in [4.69, 9.17) is 14.2 Å². The molecule has 3 atom stereocenters. The Morgan fingerprint density at radius 2 is 1.82 bits per heavy atom. The molecule has 1 aliphatic carbocycles. The normalized spacial score (nSPS) is 19.0. The fraction of sp³-hybridized carbons (Fsp3) is 0.629. The van der Waals surface area contributed by atoms with Crippen LogP contribution < -0.4 is 20.7 Å². The highest BCUT2D eigenvalue weighted by Gasteiger charge is 2.53. The van der Waals surface area contributed by atoms with Crippen molar-refractivity contribution in [1.82, 2.24) is 25.8 Å². The van der Waals surface area contributed by atoms with Crippen LogP contribution in [-0.4, -0.2) is 101 Å². The number of ether oxygens (including phenoxy) is 3. The number of aliphatic hydroxyl groups is 1. The third-order valence-electron chi connectivity index (χ3n) is 8.28. The second kappa shape index (κ2) is 16.0. The molecule has 1 aliphatic heterocycles. The summed E-state index contributed by atoms with van der Waals surface area (Å²) in [6.07, 6.45) is -1.24. The molecule has 4 N–H and O–H groups in total. The molecule has 50 heavy (non-hydrogen) atoms. The summed E-state index contributed by atoms with van der Waals surface area (Å²) in [4.78, 5) is 58.3. The van der Waals surface area contributed by atoms with Gasteiger partial charge in [-0.15, -0.1) is 11.3 Å². The van der Waals surface area contributed by atoms with Crippen molar-refractivity contribution in [2.24, 2.45) is 5.41 Å². The van der Waals surface area contributed by atoms with E-state index in [9.17, 15) is 28.7 Å². The zero-order chi connectivity index (χ0) is 36.9. The average molecular weight is 720 g/mol. The monoisotopic (exact) mass is 719 g/mol. The van der Waals surface area contributed by atoms with Gasteiger partial charge in [0, 0.05) is 31.6 Å². The summed E-state index contributed by atoms with van der Waals surface area (Å²) in [5.41, 5.74) is 0.853. The van der Waals surface area contributed by atoms with Crippen LogP contribution in [0.15, 0.2) is 23.7 Å². The van der Waals surface area contributed by atoms with E-state index in [2.05, 4.69) is 20.9 Å². The largest absolute Gasteiger partial charge is 0.491 e. The van der Waals surface area contributed by atoms with E-state index in [1.54, 1.807) is 47.1 Å². The number of carbonyl (C=O) groups is 4. The highest BCUT2D eigenvalue weighted by atomic mass is 32.1. The molecule has 2 aliphatic rings. The number of halogens is 1. The van der Waals surface area contributed by atoms with E-state index in [1.807, 2.05) is 25.1 Å². The Hall–Kier alpha value is -3.82. The molecule has 2 fully saturated rings. The van der Waals surface area contributed by atoms with Crippen LogP contribution in [0.25, 0.3) is 10.4 Å². The predicted octanol–water partition coefficient (Wildman–Crippen LogP) is 3.65. The standard InChI is InChI=1S/C35H50FN5O8S/c1-21-27(50-20-39-21)22-8-9-23(26(16-22)48-15-14-47-13-12-37-32(46)49-34(5,6)7)18-38-29(43)25-17-24(42)19-41(25)30(44)28(33(2,3)4)40-31(45)35(36)10-11-35/h8-9,16,20,24-25,28,42H,10-15,17-19H2,1-7H3,(H,37,46)(H,38,43)(H,40,45)/t24-,25+,28-/m1/s1. The molecule has 276 valence electrons. The third-order valence-corrected chi connectivity index (χ3v) is 9.25. The Kier molecular flexibility index (Phi) is 12.5. The van der Waals surface area contributed by atoms with Gasteiger partial charge in [0.25, 0.3) is 5.91 Å². The van der Waals surface area contributed by atoms with Gasteiger partial charge in [0.2, 0.25) is 11.8 Å². The molecular formula is C35H50FN5O8S. The molecule has 1 aromatic heterocycles. The summed E-state index contributed by atoms with van der Waals surface area (Å²) in [7, 11) is 0. The zero-order valence-corrected chi connectivity index (χ0v) is 30.7. The molecule has 4 rings (SSSR count). The summed E-state index contributed by atoms with van der Waals surface area (Å²) >= 11 is 1.50. The van der Waals surface area contributed by atoms with Gasteiger partial charge in [-0.25, -0.2) is 14.2 Å². The molecule has 1 saturated heterocycles. The van der Waals surface area contributed by atoms with Gasteiger partial charge in [-0.05, 0) is 57.6 Å². The molecule has 0 unspecified atom stereocenters. The number of nitrogens with zero attached hydrogens (tertiary/aromatic N) is 2. The number of rotatable bonds is 14. The van der Waals surface area contributed by atoms with Crippen molar-refractivity contribution in [2.75, 3.05) is 32.9 Å². The summed E-state index contributed by atoms with van der Waals surface area (Å²) in [6.45, 7) is 13.4. The number of thiazole rings is 1. The van der Waals surface area contributed by atoms with E-state index in [0.717, 1.165) is 16.1 Å². The number of aromatic nitrogens is 1. The number of alkyl halides is 1. The van der Waals surface area contributed by atoms with E-state index >= 15 is 0 Å². The lowest BCUT2D eigenvalue weighted by Gasteiger charge is -2.35. The number of carbonyl (C=O) groups excluding carboxylic acids is 4. The smallest absolute Gasteiger partial charge is 0.407 e. The summed E-state index contributed by atoms with van der Waals surface area (Å²) in [6, 6.07) is 3.54. The van der Waals surface area contributed by atoms with Gasteiger partial charge >= 0.3 is 6.09 Å². The van der Waals surface area contributed by atoms with Crippen molar-refractivity contribution in [3.05, 3.63) is 35.0 Å². The predicted molar refractivity (Wildman–Crippen MR) is 185 cm³/mol. The van der Waals surface area contributed by atoms with Gasteiger partial charge in [-0.1, -0.05) is 32.9 Å². The third kappa shape index (κ3) is 10.6. The highest BCUT2D eigenvalue weighted by molar-refractivity contribution is 7.13. The quantitative estimate of drug-likeness (QED) is 0.213. The number of amides is 4. The molecule has 2 aromatic rings. The second-order valence-corrected chi connectivity index (χ2v) is 15.7.